The van der Waals surface area contributed by atoms with Crippen molar-refractivity contribution in [2.45, 2.75) is 70.3 Å². The molecule has 0 heterocycles. The van der Waals surface area contributed by atoms with Crippen LogP contribution >= 0.6 is 0 Å². The normalized spacial score (nSPS) is 15.9. The van der Waals surface area contributed by atoms with E-state index >= 15 is 0 Å². The van der Waals surface area contributed by atoms with Crippen molar-refractivity contribution in [1.82, 2.24) is 5.32 Å². The highest BCUT2D eigenvalue weighted by Crippen LogP contribution is 2.45. The number of ether oxygens (including phenoxy) is 1. The Hall–Kier alpha value is -3.27. The number of carbonyl (C=O) groups is 1. The van der Waals surface area contributed by atoms with Crippen LogP contribution in [-0.4, -0.2) is 12.5 Å². The second-order valence-electron chi connectivity index (χ2n) is 10.4. The van der Waals surface area contributed by atoms with Crippen LogP contribution in [0, 0.1) is 5.92 Å². The zero-order valence-electron chi connectivity index (χ0n) is 21.2. The summed E-state index contributed by atoms with van der Waals surface area (Å²) in [6.45, 7) is 1.30. The molecule has 0 aliphatic heterocycles. The lowest BCUT2D eigenvalue weighted by molar-refractivity contribution is 0.0953. The molecule has 2 fully saturated rings. The fourth-order valence-electron chi connectivity index (χ4n) is 5.32. The second-order valence-corrected chi connectivity index (χ2v) is 10.4. The highest BCUT2D eigenvalue weighted by molar-refractivity contribution is 6.00. The molecule has 0 bridgehead atoms. The van der Waals surface area contributed by atoms with E-state index in [1.807, 2.05) is 48.5 Å². The molecule has 3 aromatic carbocycles. The number of para-hydroxylation sites is 1. The number of benzene rings is 3. The minimum Gasteiger partial charge on any atom is -0.489 e. The van der Waals surface area contributed by atoms with Gasteiger partial charge in [0.1, 0.15) is 12.4 Å². The first kappa shape index (κ1) is 24.4. The number of carbonyl (C=O) groups excluding carboxylic acids is 1. The van der Waals surface area contributed by atoms with Gasteiger partial charge in [-0.15, -0.1) is 0 Å². The van der Waals surface area contributed by atoms with Crippen LogP contribution in [0.2, 0.25) is 0 Å². The Morgan fingerprint density at radius 1 is 0.833 bits per heavy atom. The summed E-state index contributed by atoms with van der Waals surface area (Å²) in [5, 5.41) is 6.73. The van der Waals surface area contributed by atoms with Crippen LogP contribution in [0.1, 0.15) is 85.2 Å². The lowest BCUT2D eigenvalue weighted by Gasteiger charge is -2.21. The molecule has 0 atom stereocenters. The Morgan fingerprint density at radius 3 is 2.42 bits per heavy atom. The van der Waals surface area contributed by atoms with Gasteiger partial charge in [-0.1, -0.05) is 74.6 Å². The van der Waals surface area contributed by atoms with Crippen LogP contribution in [-0.2, 0) is 6.61 Å². The maximum Gasteiger partial charge on any atom is 0.253 e. The summed E-state index contributed by atoms with van der Waals surface area (Å²) in [6.07, 6.45) is 11.5. The topological polar surface area (TPSA) is 50.4 Å². The highest BCUT2D eigenvalue weighted by Gasteiger charge is 2.27. The minimum atomic E-state index is -0.00229. The van der Waals surface area contributed by atoms with Gasteiger partial charge in [0.05, 0.1) is 11.3 Å². The summed E-state index contributed by atoms with van der Waals surface area (Å²) >= 11 is 0. The Balaban J connectivity index is 1.21. The van der Waals surface area contributed by atoms with Gasteiger partial charge in [0, 0.05) is 12.2 Å². The smallest absolute Gasteiger partial charge is 0.253 e. The van der Waals surface area contributed by atoms with E-state index in [1.54, 1.807) is 0 Å². The Kier molecular flexibility index (Phi) is 8.22. The second kappa shape index (κ2) is 12.1. The van der Waals surface area contributed by atoms with Crippen molar-refractivity contribution < 1.29 is 9.53 Å². The van der Waals surface area contributed by atoms with E-state index in [0.717, 1.165) is 41.6 Å². The van der Waals surface area contributed by atoms with Crippen LogP contribution in [0.3, 0.4) is 0 Å². The van der Waals surface area contributed by atoms with Crippen LogP contribution < -0.4 is 15.4 Å². The lowest BCUT2D eigenvalue weighted by Crippen LogP contribution is -2.25. The van der Waals surface area contributed by atoms with Gasteiger partial charge in [-0.2, -0.15) is 0 Å². The first-order chi connectivity index (χ1) is 17.8. The van der Waals surface area contributed by atoms with E-state index in [-0.39, 0.29) is 5.91 Å². The third-order valence-electron chi connectivity index (χ3n) is 7.53. The average Bonchev–Trinajstić information content (AvgIpc) is 3.77. The van der Waals surface area contributed by atoms with E-state index < -0.39 is 0 Å². The van der Waals surface area contributed by atoms with Gasteiger partial charge in [0.2, 0.25) is 0 Å². The van der Waals surface area contributed by atoms with Crippen molar-refractivity contribution in [3.8, 4) is 5.75 Å². The number of hydrogen-bond donors (Lipinski definition) is 2. The van der Waals surface area contributed by atoms with Gasteiger partial charge < -0.3 is 15.4 Å². The molecule has 3 aromatic rings. The monoisotopic (exact) mass is 482 g/mol. The fraction of sp³-hybridized carbons (Fsp3) is 0.406. The van der Waals surface area contributed by atoms with Crippen molar-refractivity contribution in [2.24, 2.45) is 5.92 Å². The first-order valence-electron chi connectivity index (χ1n) is 13.7. The van der Waals surface area contributed by atoms with E-state index in [4.69, 9.17) is 4.74 Å². The maximum absolute atomic E-state index is 13.0. The summed E-state index contributed by atoms with van der Waals surface area (Å²) in [4.78, 5) is 13.0. The van der Waals surface area contributed by atoms with E-state index in [1.165, 1.54) is 56.9 Å². The summed E-state index contributed by atoms with van der Waals surface area (Å²) in [5.41, 5.74) is 5.03. The molecule has 2 N–H and O–H groups in total. The van der Waals surface area contributed by atoms with Gasteiger partial charge in [-0.05, 0) is 79.0 Å². The summed E-state index contributed by atoms with van der Waals surface area (Å²) in [7, 11) is 0. The van der Waals surface area contributed by atoms with Gasteiger partial charge in [0.15, 0.2) is 0 Å². The molecular weight excluding hydrogens is 444 g/mol. The van der Waals surface area contributed by atoms with E-state index in [9.17, 15) is 4.79 Å². The fourth-order valence-corrected chi connectivity index (χ4v) is 5.32. The molecule has 1 amide bonds. The zero-order valence-corrected chi connectivity index (χ0v) is 21.2. The Bertz CT molecular complexity index is 1130. The molecule has 0 aromatic heterocycles. The predicted molar refractivity (Wildman–Crippen MR) is 147 cm³/mol. The van der Waals surface area contributed by atoms with Gasteiger partial charge in [-0.3, -0.25) is 4.79 Å². The molecule has 0 unspecified atom stereocenters. The molecule has 0 spiro atoms. The van der Waals surface area contributed by atoms with Crippen molar-refractivity contribution in [3.05, 3.63) is 89.5 Å². The Labute approximate surface area is 215 Å². The quantitative estimate of drug-likeness (QED) is 0.272. The minimum absolute atomic E-state index is 0.00229. The molecule has 2 aliphatic rings. The number of nitrogens with one attached hydrogen (secondary N) is 2. The molecular formula is C32H38N2O2. The first-order valence-corrected chi connectivity index (χ1v) is 13.7. The average molecular weight is 483 g/mol. The molecule has 0 saturated heterocycles. The largest absolute Gasteiger partial charge is 0.489 e. The van der Waals surface area contributed by atoms with Crippen molar-refractivity contribution in [1.29, 1.82) is 0 Å². The molecule has 5 rings (SSSR count). The molecule has 2 saturated carbocycles. The summed E-state index contributed by atoms with van der Waals surface area (Å²) in [5.74, 6) is 2.28. The number of amides is 1. The molecule has 4 nitrogen and oxygen atoms in total. The van der Waals surface area contributed by atoms with Crippen molar-refractivity contribution >= 4 is 17.3 Å². The molecule has 188 valence electrons. The summed E-state index contributed by atoms with van der Waals surface area (Å²) in [6, 6.07) is 24.3. The van der Waals surface area contributed by atoms with E-state index in [0.29, 0.717) is 18.1 Å². The van der Waals surface area contributed by atoms with E-state index in [2.05, 4.69) is 34.9 Å². The maximum atomic E-state index is 13.0. The molecule has 2 aliphatic carbocycles. The lowest BCUT2D eigenvalue weighted by atomic mass is 9.86. The van der Waals surface area contributed by atoms with Crippen LogP contribution in [0.15, 0.2) is 72.8 Å². The van der Waals surface area contributed by atoms with Crippen LogP contribution in [0.5, 0.6) is 5.75 Å². The van der Waals surface area contributed by atoms with Gasteiger partial charge in [-0.25, -0.2) is 0 Å². The van der Waals surface area contributed by atoms with Crippen LogP contribution in [0.25, 0.3) is 0 Å². The molecule has 4 heteroatoms. The third kappa shape index (κ3) is 6.69. The standard InChI is InChI=1S/C32H38N2O2/c35-32(33-21-9-14-24-10-3-1-4-11-24)28-15-7-8-16-30(28)34-31-20-19-27(22-29(31)26-17-18-26)36-23-25-12-5-2-6-13-25/h2,5-8,12-13,15-16,19-20,22,24,26,34H,1,3-4,9-11,14,17-18,21,23H2,(H,33,35). The van der Waals surface area contributed by atoms with Gasteiger partial charge >= 0.3 is 0 Å². The highest BCUT2D eigenvalue weighted by atomic mass is 16.5. The van der Waals surface area contributed by atoms with Gasteiger partial charge in [0.25, 0.3) is 5.91 Å². The number of hydrogen-bond acceptors (Lipinski definition) is 3. The SMILES string of the molecule is O=C(NCCCC1CCCCC1)c1ccccc1Nc1ccc(OCc2ccccc2)cc1C1CC1. The molecule has 36 heavy (non-hydrogen) atoms. The van der Waals surface area contributed by atoms with Crippen molar-refractivity contribution in [2.75, 3.05) is 11.9 Å². The third-order valence-corrected chi connectivity index (χ3v) is 7.53. The Morgan fingerprint density at radius 2 is 1.61 bits per heavy atom. The zero-order chi connectivity index (χ0) is 24.6. The van der Waals surface area contributed by atoms with Crippen molar-refractivity contribution in [3.63, 3.8) is 0 Å². The summed E-state index contributed by atoms with van der Waals surface area (Å²) < 4.78 is 6.08. The van der Waals surface area contributed by atoms with Crippen LogP contribution in [0.4, 0.5) is 11.4 Å². The predicted octanol–water partition coefficient (Wildman–Crippen LogP) is 7.98. The number of rotatable bonds is 11. The molecule has 0 radical (unpaired) electrons. The number of anilines is 2.